The van der Waals surface area contributed by atoms with Gasteiger partial charge in [0.25, 0.3) is 0 Å². The highest BCUT2D eigenvalue weighted by atomic mass is 35.5. The highest BCUT2D eigenvalue weighted by molar-refractivity contribution is 7.53. The summed E-state index contributed by atoms with van der Waals surface area (Å²) in [6, 6.07) is 7.44. The van der Waals surface area contributed by atoms with E-state index < -0.39 is 20.3 Å². The number of allylic oxidation sites excluding steroid dienone is 4. The van der Waals surface area contributed by atoms with Gasteiger partial charge >= 0.3 is 15.2 Å². The molecule has 0 fully saturated rings. The van der Waals surface area contributed by atoms with Gasteiger partial charge in [-0.2, -0.15) is 0 Å². The average Bonchev–Trinajstić information content (AvgIpc) is 2.67. The topological polar surface area (TPSA) is 123 Å². The summed E-state index contributed by atoms with van der Waals surface area (Å²) in [5.74, 6) is 0. The van der Waals surface area contributed by atoms with Gasteiger partial charge < -0.3 is 44.4 Å². The molecule has 3 rings (SSSR count). The minimum Gasteiger partial charge on any atom is -1.00 e. The van der Waals surface area contributed by atoms with Crippen LogP contribution in [0.1, 0.15) is 6.42 Å². The van der Waals surface area contributed by atoms with Gasteiger partial charge in [0, 0.05) is 24.3 Å². The Morgan fingerprint density at radius 1 is 0.839 bits per heavy atom. The number of aromatic nitrogens is 2. The minimum atomic E-state index is -4.35. The second-order valence-corrected chi connectivity index (χ2v) is 10.9. The van der Waals surface area contributed by atoms with E-state index in [0.717, 1.165) is 11.1 Å². The fourth-order valence-electron chi connectivity index (χ4n) is 3.19. The number of rotatable bonds is 7. The first-order valence-electron chi connectivity index (χ1n) is 9.01. The lowest BCUT2D eigenvalue weighted by Crippen LogP contribution is -3.00. The van der Waals surface area contributed by atoms with Gasteiger partial charge in [-0.15, -0.1) is 0 Å². The zero-order chi connectivity index (χ0) is 21.1. The smallest absolute Gasteiger partial charge is 0.342 e. The molecule has 2 aromatic rings. The molecular weight excluding hydrogens is 485 g/mol. The van der Waals surface area contributed by atoms with Crippen molar-refractivity contribution in [3.05, 3.63) is 73.4 Å². The predicted molar refractivity (Wildman–Crippen MR) is 107 cm³/mol. The lowest BCUT2D eigenvalue weighted by Gasteiger charge is -2.28. The Morgan fingerprint density at radius 2 is 1.35 bits per heavy atom. The van der Waals surface area contributed by atoms with E-state index >= 15 is 0 Å². The molecule has 1 atom stereocenters. The monoisotopic (exact) mass is 508 g/mol. The lowest BCUT2D eigenvalue weighted by molar-refractivity contribution is -0.699. The number of halogens is 2. The molecule has 1 aliphatic rings. The number of pyridine rings is 2. The van der Waals surface area contributed by atoms with Crippen molar-refractivity contribution in [3.63, 3.8) is 0 Å². The molecule has 0 saturated carbocycles. The van der Waals surface area contributed by atoms with Crippen molar-refractivity contribution in [1.29, 1.82) is 0 Å². The molecule has 0 aromatic carbocycles. The van der Waals surface area contributed by atoms with Crippen LogP contribution in [0.15, 0.2) is 73.4 Å². The van der Waals surface area contributed by atoms with Crippen molar-refractivity contribution in [3.8, 4) is 11.1 Å². The molecule has 0 amide bonds. The third kappa shape index (κ3) is 7.35. The molecule has 0 spiro atoms. The van der Waals surface area contributed by atoms with Crippen LogP contribution in [0.3, 0.4) is 0 Å². The van der Waals surface area contributed by atoms with E-state index in [-0.39, 0.29) is 50.5 Å². The van der Waals surface area contributed by atoms with Crippen LogP contribution in [-0.4, -0.2) is 30.9 Å². The third-order valence-corrected chi connectivity index (χ3v) is 7.34. The number of aryl methyl sites for hydroxylation is 1. The van der Waals surface area contributed by atoms with Gasteiger partial charge in [0.05, 0.1) is 0 Å². The Morgan fingerprint density at radius 3 is 1.77 bits per heavy atom. The molecule has 0 bridgehead atoms. The van der Waals surface area contributed by atoms with Crippen molar-refractivity contribution >= 4 is 15.2 Å². The predicted octanol–water partition coefficient (Wildman–Crippen LogP) is -4.45. The molecule has 31 heavy (non-hydrogen) atoms. The third-order valence-electron chi connectivity index (χ3n) is 4.93. The first-order chi connectivity index (χ1) is 13.6. The van der Waals surface area contributed by atoms with Crippen LogP contribution in [0.25, 0.3) is 11.1 Å². The number of nitrogens with zero attached hydrogens (tertiary/aromatic N) is 2. The molecule has 1 aliphatic carbocycles. The fourth-order valence-corrected chi connectivity index (χ4v) is 4.66. The SMILES string of the molecule is O=P(O)(O)CC[n+]1ccc(-c2cc[n+](CC3(P(=O)(O)O)C=CC=CC3)cc2)cc1.[Cl-].[Cl-]. The number of hydrogen-bond acceptors (Lipinski definition) is 2. The Bertz CT molecular complexity index is 1020. The zero-order valence-electron chi connectivity index (χ0n) is 16.4. The van der Waals surface area contributed by atoms with Crippen LogP contribution >= 0.6 is 15.2 Å². The van der Waals surface area contributed by atoms with Crippen LogP contribution < -0.4 is 33.9 Å². The van der Waals surface area contributed by atoms with Gasteiger partial charge in [-0.25, -0.2) is 9.13 Å². The van der Waals surface area contributed by atoms with E-state index in [2.05, 4.69) is 0 Å². The van der Waals surface area contributed by atoms with Crippen LogP contribution in [0.5, 0.6) is 0 Å². The van der Waals surface area contributed by atoms with Crippen LogP contribution in [0.4, 0.5) is 0 Å². The normalized spacial score (nSPS) is 18.2. The maximum Gasteiger partial charge on any atom is 0.342 e. The Balaban J connectivity index is 0.00000240. The van der Waals surface area contributed by atoms with Crippen molar-refractivity contribution < 1.29 is 62.7 Å². The van der Waals surface area contributed by atoms with Crippen LogP contribution in [0.2, 0.25) is 0 Å². The lowest BCUT2D eigenvalue weighted by atomic mass is 9.99. The van der Waals surface area contributed by atoms with E-state index in [0.29, 0.717) is 0 Å². The van der Waals surface area contributed by atoms with Gasteiger partial charge in [-0.05, 0) is 17.5 Å². The molecule has 4 N–H and O–H groups in total. The van der Waals surface area contributed by atoms with Gasteiger partial charge in [0.1, 0.15) is 6.16 Å². The van der Waals surface area contributed by atoms with E-state index in [4.69, 9.17) is 9.79 Å². The summed E-state index contributed by atoms with van der Waals surface area (Å²) in [4.78, 5) is 37.7. The Hall–Kier alpha value is -1.34. The highest BCUT2D eigenvalue weighted by Gasteiger charge is 2.48. The zero-order valence-corrected chi connectivity index (χ0v) is 19.7. The largest absolute Gasteiger partial charge is 1.00 e. The van der Waals surface area contributed by atoms with E-state index in [1.54, 1.807) is 58.2 Å². The van der Waals surface area contributed by atoms with Gasteiger partial charge in [-0.3, -0.25) is 9.13 Å². The fraction of sp³-hybridized carbons (Fsp3) is 0.263. The first kappa shape index (κ1) is 27.7. The second-order valence-electron chi connectivity index (χ2n) is 7.11. The quantitative estimate of drug-likeness (QED) is 0.221. The first-order valence-corrected chi connectivity index (χ1v) is 12.4. The molecule has 2 heterocycles. The summed E-state index contributed by atoms with van der Waals surface area (Å²) >= 11 is 0. The molecule has 0 radical (unpaired) electrons. The Kier molecular flexibility index (Phi) is 9.82. The summed E-state index contributed by atoms with van der Waals surface area (Å²) in [7, 11) is -8.38. The van der Waals surface area contributed by atoms with Gasteiger partial charge in [0.15, 0.2) is 43.0 Å². The Labute approximate surface area is 193 Å². The van der Waals surface area contributed by atoms with Gasteiger partial charge in [-0.1, -0.05) is 24.3 Å². The maximum atomic E-state index is 12.1. The van der Waals surface area contributed by atoms with Crippen molar-refractivity contribution in [2.45, 2.75) is 24.7 Å². The highest BCUT2D eigenvalue weighted by Crippen LogP contribution is 2.54. The van der Waals surface area contributed by atoms with E-state index in [1.807, 2.05) is 24.3 Å². The molecule has 170 valence electrons. The molecule has 1 unspecified atom stereocenters. The molecular formula is C19H24Cl2N2O6P2. The van der Waals surface area contributed by atoms with Crippen molar-refractivity contribution in [2.24, 2.45) is 0 Å². The standard InChI is InChI=1S/C19H22N2O6P2.2ClH/c22-28(23,24)15-14-20-10-4-17(5-11-20)18-6-12-21(13-7-18)16-19(29(25,26)27)8-2-1-3-9-19;;/h1-8,10-13H,9,14-16H2,(H2-2,22,23,24,25,26,27);2*1H. The molecule has 8 nitrogen and oxygen atoms in total. The van der Waals surface area contributed by atoms with E-state index in [9.17, 15) is 18.9 Å². The molecule has 2 aromatic heterocycles. The molecule has 0 aliphatic heterocycles. The minimum absolute atomic E-state index is 0. The summed E-state index contributed by atoms with van der Waals surface area (Å²) in [6.07, 6.45) is 13.9. The number of hydrogen-bond donors (Lipinski definition) is 4. The summed E-state index contributed by atoms with van der Waals surface area (Å²) in [5, 5.41) is -1.24. The van der Waals surface area contributed by atoms with Crippen LogP contribution in [-0.2, 0) is 22.2 Å². The van der Waals surface area contributed by atoms with Crippen molar-refractivity contribution in [2.75, 3.05) is 6.16 Å². The summed E-state index contributed by atoms with van der Waals surface area (Å²) in [5.41, 5.74) is 1.85. The van der Waals surface area contributed by atoms with Crippen LogP contribution in [0, 0.1) is 0 Å². The summed E-state index contributed by atoms with van der Waals surface area (Å²) < 4.78 is 26.5. The molecule has 0 saturated heterocycles. The van der Waals surface area contributed by atoms with E-state index in [1.165, 1.54) is 0 Å². The average molecular weight is 509 g/mol. The maximum absolute atomic E-state index is 12.1. The van der Waals surface area contributed by atoms with Gasteiger partial charge in [0.2, 0.25) is 0 Å². The summed E-state index contributed by atoms with van der Waals surface area (Å²) in [6.45, 7) is 0.390. The second kappa shape index (κ2) is 11.0. The van der Waals surface area contributed by atoms with Crippen molar-refractivity contribution in [1.82, 2.24) is 0 Å². The molecule has 12 heteroatoms.